The summed E-state index contributed by atoms with van der Waals surface area (Å²) >= 11 is 0. The van der Waals surface area contributed by atoms with Crippen molar-refractivity contribution in [3.63, 3.8) is 0 Å². The number of aryl methyl sites for hydroxylation is 3. The zero-order valence-corrected chi connectivity index (χ0v) is 26.6. The summed E-state index contributed by atoms with van der Waals surface area (Å²) in [5, 5.41) is 3.09. The number of nitrogens with zero attached hydrogens (tertiary/aromatic N) is 2. The molecule has 226 valence electrons. The molecule has 3 aromatic rings. The molecule has 3 aromatic carbocycles. The van der Waals surface area contributed by atoms with E-state index in [0.29, 0.717) is 18.5 Å². The summed E-state index contributed by atoms with van der Waals surface area (Å²) in [4.78, 5) is 29.4. The van der Waals surface area contributed by atoms with Crippen molar-refractivity contribution in [2.45, 2.75) is 78.9 Å². The van der Waals surface area contributed by atoms with Crippen LogP contribution in [0.4, 0.5) is 5.69 Å². The molecule has 8 heteroatoms. The number of carbonyl (C=O) groups excluding carboxylic acids is 2. The van der Waals surface area contributed by atoms with Gasteiger partial charge in [0.2, 0.25) is 21.8 Å². The lowest BCUT2D eigenvalue weighted by Gasteiger charge is -2.33. The van der Waals surface area contributed by atoms with Crippen molar-refractivity contribution in [3.05, 3.63) is 101 Å². The van der Waals surface area contributed by atoms with Gasteiger partial charge in [-0.1, -0.05) is 67.6 Å². The molecule has 0 bridgehead atoms. The topological polar surface area (TPSA) is 86.8 Å². The van der Waals surface area contributed by atoms with E-state index in [0.717, 1.165) is 34.2 Å². The normalized spacial score (nSPS) is 12.8. The average Bonchev–Trinajstić information content (AvgIpc) is 2.93. The van der Waals surface area contributed by atoms with Crippen LogP contribution in [-0.4, -0.2) is 50.0 Å². The summed E-state index contributed by atoms with van der Waals surface area (Å²) in [5.74, 6) is -0.379. The minimum atomic E-state index is -3.57. The van der Waals surface area contributed by atoms with E-state index in [1.165, 1.54) is 10.6 Å². The van der Waals surface area contributed by atoms with Crippen LogP contribution in [0.2, 0.25) is 0 Å². The largest absolute Gasteiger partial charge is 0.352 e. The predicted molar refractivity (Wildman–Crippen MR) is 171 cm³/mol. The lowest BCUT2D eigenvalue weighted by atomic mass is 10.0. The van der Waals surface area contributed by atoms with Crippen LogP contribution in [0, 0.1) is 20.8 Å². The lowest BCUT2D eigenvalue weighted by Crippen LogP contribution is -2.52. The summed E-state index contributed by atoms with van der Waals surface area (Å²) in [7, 11) is -3.57. The SMILES string of the molecule is CC[C@H](C)NC(=O)[C@H](Cc1ccccc1)N(Cc1ccccc1C)C(=O)CCCN(c1cc(C)cc(C)c1)S(C)(=O)=O. The first-order chi connectivity index (χ1) is 19.9. The average molecular weight is 592 g/mol. The zero-order chi connectivity index (χ0) is 30.9. The highest BCUT2D eigenvalue weighted by molar-refractivity contribution is 7.92. The molecule has 0 saturated carbocycles. The molecule has 2 atom stereocenters. The van der Waals surface area contributed by atoms with Gasteiger partial charge in [0.25, 0.3) is 0 Å². The minimum absolute atomic E-state index is 0.0349. The molecule has 0 aliphatic rings. The first-order valence-corrected chi connectivity index (χ1v) is 16.5. The maximum atomic E-state index is 14.0. The van der Waals surface area contributed by atoms with E-state index >= 15 is 0 Å². The predicted octanol–water partition coefficient (Wildman–Crippen LogP) is 5.71. The number of anilines is 1. The highest BCUT2D eigenvalue weighted by atomic mass is 32.2. The van der Waals surface area contributed by atoms with E-state index in [1.54, 1.807) is 4.90 Å². The highest BCUT2D eigenvalue weighted by Crippen LogP contribution is 2.23. The lowest BCUT2D eigenvalue weighted by molar-refractivity contribution is -0.141. The van der Waals surface area contributed by atoms with Gasteiger partial charge in [-0.05, 0) is 80.5 Å². The van der Waals surface area contributed by atoms with Gasteiger partial charge in [-0.3, -0.25) is 13.9 Å². The number of nitrogens with one attached hydrogen (secondary N) is 1. The number of sulfonamides is 1. The third-order valence-corrected chi connectivity index (χ3v) is 8.71. The van der Waals surface area contributed by atoms with Crippen LogP contribution >= 0.6 is 0 Å². The van der Waals surface area contributed by atoms with Crippen molar-refractivity contribution >= 4 is 27.5 Å². The molecule has 0 spiro atoms. The fraction of sp³-hybridized carbons (Fsp3) is 0.412. The van der Waals surface area contributed by atoms with Gasteiger partial charge in [0, 0.05) is 32.0 Å². The number of rotatable bonds is 14. The molecule has 0 radical (unpaired) electrons. The van der Waals surface area contributed by atoms with Crippen LogP contribution in [0.15, 0.2) is 72.8 Å². The Balaban J connectivity index is 1.91. The van der Waals surface area contributed by atoms with Gasteiger partial charge >= 0.3 is 0 Å². The van der Waals surface area contributed by atoms with Crippen LogP contribution < -0.4 is 9.62 Å². The Kier molecular flexibility index (Phi) is 11.7. The Morgan fingerprint density at radius 1 is 0.905 bits per heavy atom. The van der Waals surface area contributed by atoms with Crippen molar-refractivity contribution in [2.75, 3.05) is 17.1 Å². The van der Waals surface area contributed by atoms with Gasteiger partial charge in [-0.2, -0.15) is 0 Å². The van der Waals surface area contributed by atoms with E-state index in [2.05, 4.69) is 5.32 Å². The quantitative estimate of drug-likeness (QED) is 0.260. The summed E-state index contributed by atoms with van der Waals surface area (Å²) in [6.45, 7) is 10.3. The molecule has 3 rings (SSSR count). The highest BCUT2D eigenvalue weighted by Gasteiger charge is 2.31. The van der Waals surface area contributed by atoms with E-state index in [-0.39, 0.29) is 37.4 Å². The molecule has 0 aliphatic carbocycles. The van der Waals surface area contributed by atoms with Crippen LogP contribution in [0.25, 0.3) is 0 Å². The second kappa shape index (κ2) is 15.0. The summed E-state index contributed by atoms with van der Waals surface area (Å²) < 4.78 is 26.9. The van der Waals surface area contributed by atoms with Crippen molar-refractivity contribution in [1.29, 1.82) is 0 Å². The number of amides is 2. The maximum absolute atomic E-state index is 14.0. The van der Waals surface area contributed by atoms with Gasteiger partial charge < -0.3 is 10.2 Å². The third kappa shape index (κ3) is 9.44. The van der Waals surface area contributed by atoms with Gasteiger partial charge in [0.1, 0.15) is 6.04 Å². The van der Waals surface area contributed by atoms with E-state index in [4.69, 9.17) is 0 Å². The molecule has 0 unspecified atom stereocenters. The molecule has 0 aliphatic heterocycles. The summed E-state index contributed by atoms with van der Waals surface area (Å²) in [6, 6.07) is 22.5. The second-order valence-corrected chi connectivity index (χ2v) is 13.2. The number of carbonyl (C=O) groups is 2. The zero-order valence-electron chi connectivity index (χ0n) is 25.8. The Hall–Kier alpha value is -3.65. The molecule has 1 N–H and O–H groups in total. The van der Waals surface area contributed by atoms with E-state index in [1.807, 2.05) is 107 Å². The molecular weight excluding hydrogens is 546 g/mol. The molecule has 7 nitrogen and oxygen atoms in total. The smallest absolute Gasteiger partial charge is 0.243 e. The Morgan fingerprint density at radius 3 is 2.12 bits per heavy atom. The molecule has 42 heavy (non-hydrogen) atoms. The third-order valence-electron chi connectivity index (χ3n) is 7.52. The van der Waals surface area contributed by atoms with Crippen molar-refractivity contribution in [3.8, 4) is 0 Å². The molecular formula is C34H45N3O4S. The number of benzene rings is 3. The summed E-state index contributed by atoms with van der Waals surface area (Å²) in [6.07, 6.45) is 2.75. The van der Waals surface area contributed by atoms with Gasteiger partial charge in [0.05, 0.1) is 11.9 Å². The molecule has 0 fully saturated rings. The molecule has 0 heterocycles. The van der Waals surface area contributed by atoms with E-state index in [9.17, 15) is 18.0 Å². The first kappa shape index (κ1) is 32.9. The van der Waals surface area contributed by atoms with Crippen molar-refractivity contribution in [2.24, 2.45) is 0 Å². The first-order valence-electron chi connectivity index (χ1n) is 14.6. The van der Waals surface area contributed by atoms with Crippen LogP contribution in [0.1, 0.15) is 60.9 Å². The van der Waals surface area contributed by atoms with Crippen molar-refractivity contribution in [1.82, 2.24) is 10.2 Å². The summed E-state index contributed by atoms with van der Waals surface area (Å²) in [5.41, 5.74) is 5.49. The maximum Gasteiger partial charge on any atom is 0.243 e. The molecule has 0 saturated heterocycles. The second-order valence-electron chi connectivity index (χ2n) is 11.3. The van der Waals surface area contributed by atoms with Gasteiger partial charge in [0.15, 0.2) is 0 Å². The number of hydrogen-bond donors (Lipinski definition) is 1. The van der Waals surface area contributed by atoms with Gasteiger partial charge in [-0.15, -0.1) is 0 Å². The Morgan fingerprint density at radius 2 is 1.52 bits per heavy atom. The van der Waals surface area contributed by atoms with Crippen LogP contribution in [0.5, 0.6) is 0 Å². The standard InChI is InChI=1S/C34H45N3O4S/c1-7-28(5)35-34(39)32(23-29-15-9-8-10-16-29)36(24-30-17-12-11-14-27(30)4)33(38)18-13-19-37(42(6,40)41)31-21-25(2)20-26(3)22-31/h8-12,14-17,20-22,28,32H,7,13,18-19,23-24H2,1-6H3,(H,35,39)/t28-,32-/m0/s1. The van der Waals surface area contributed by atoms with E-state index < -0.39 is 16.1 Å². The Bertz CT molecular complexity index is 1440. The minimum Gasteiger partial charge on any atom is -0.352 e. The molecule has 2 amide bonds. The Labute approximate surface area is 252 Å². The van der Waals surface area contributed by atoms with Crippen LogP contribution in [0.3, 0.4) is 0 Å². The van der Waals surface area contributed by atoms with Crippen molar-refractivity contribution < 1.29 is 18.0 Å². The molecule has 0 aromatic heterocycles. The number of hydrogen-bond acceptors (Lipinski definition) is 4. The van der Waals surface area contributed by atoms with Crippen LogP contribution in [-0.2, 0) is 32.6 Å². The monoisotopic (exact) mass is 591 g/mol. The fourth-order valence-corrected chi connectivity index (χ4v) is 6.01. The fourth-order valence-electron chi connectivity index (χ4n) is 5.06. The van der Waals surface area contributed by atoms with Gasteiger partial charge in [-0.25, -0.2) is 8.42 Å².